The molecule has 0 aromatic rings. The van der Waals surface area contributed by atoms with E-state index in [1.807, 2.05) is 0 Å². The molecule has 0 N–H and O–H groups in total. The van der Waals surface area contributed by atoms with Gasteiger partial charge in [-0.25, -0.2) is 0 Å². The van der Waals surface area contributed by atoms with E-state index in [0.29, 0.717) is 0 Å². The SMILES string of the molecule is CCCCC#CCCCCC(CCCC)CCCCCCCCC. The van der Waals surface area contributed by atoms with Crippen LogP contribution in [0.25, 0.3) is 0 Å². The predicted octanol–water partition coefficient (Wildman–Crippen LogP) is 8.69. The average Bonchev–Trinajstić information content (AvgIpc) is 2.60. The maximum atomic E-state index is 3.36. The van der Waals surface area contributed by atoms with E-state index in [1.54, 1.807) is 0 Å². The van der Waals surface area contributed by atoms with Gasteiger partial charge >= 0.3 is 0 Å². The van der Waals surface area contributed by atoms with Crippen LogP contribution >= 0.6 is 0 Å². The largest absolute Gasteiger partial charge is 0.103 e. The molecule has 0 aromatic heterocycles. The topological polar surface area (TPSA) is 0 Å². The second-order valence-corrected chi connectivity index (χ2v) is 7.62. The summed E-state index contributed by atoms with van der Waals surface area (Å²) in [6.45, 7) is 6.87. The van der Waals surface area contributed by atoms with Crippen LogP contribution < -0.4 is 0 Å². The van der Waals surface area contributed by atoms with Gasteiger partial charge in [-0.2, -0.15) is 0 Å². The van der Waals surface area contributed by atoms with Crippen molar-refractivity contribution in [1.29, 1.82) is 0 Å². The van der Waals surface area contributed by atoms with E-state index in [4.69, 9.17) is 0 Å². The molecule has 0 nitrogen and oxygen atoms in total. The molecule has 0 saturated carbocycles. The van der Waals surface area contributed by atoms with Gasteiger partial charge in [-0.15, -0.1) is 11.8 Å². The second-order valence-electron chi connectivity index (χ2n) is 7.62. The minimum absolute atomic E-state index is 0.994. The third kappa shape index (κ3) is 17.9. The highest BCUT2D eigenvalue weighted by atomic mass is 14.1. The maximum Gasteiger partial charge on any atom is 0.00886 e. The molecule has 0 spiro atoms. The molecule has 0 aliphatic carbocycles. The van der Waals surface area contributed by atoms with Crippen LogP contribution in [-0.4, -0.2) is 0 Å². The van der Waals surface area contributed by atoms with E-state index >= 15 is 0 Å². The fourth-order valence-corrected chi connectivity index (χ4v) is 3.40. The molecule has 0 fully saturated rings. The van der Waals surface area contributed by atoms with E-state index < -0.39 is 0 Å². The van der Waals surface area contributed by atoms with E-state index in [0.717, 1.165) is 18.8 Å². The maximum absolute atomic E-state index is 3.36. The molecule has 0 radical (unpaired) electrons. The number of unbranched alkanes of at least 4 members (excludes halogenated alkanes) is 11. The Bertz CT molecular complexity index is 280. The van der Waals surface area contributed by atoms with Crippen molar-refractivity contribution in [3.05, 3.63) is 0 Å². The van der Waals surface area contributed by atoms with Gasteiger partial charge in [0.1, 0.15) is 0 Å². The molecule has 1 unspecified atom stereocenters. The van der Waals surface area contributed by atoms with Gasteiger partial charge in [0.05, 0.1) is 0 Å². The summed E-state index contributed by atoms with van der Waals surface area (Å²) in [5.41, 5.74) is 0. The summed E-state index contributed by atoms with van der Waals surface area (Å²) >= 11 is 0. The van der Waals surface area contributed by atoms with Crippen LogP contribution in [-0.2, 0) is 0 Å². The van der Waals surface area contributed by atoms with Gasteiger partial charge in [-0.1, -0.05) is 111 Å². The molecule has 0 rings (SSSR count). The van der Waals surface area contributed by atoms with Crippen LogP contribution in [0.1, 0.15) is 136 Å². The molecule has 24 heavy (non-hydrogen) atoms. The summed E-state index contributed by atoms with van der Waals surface area (Å²) in [6.07, 6.45) is 24.8. The minimum Gasteiger partial charge on any atom is -0.103 e. The molecule has 0 bridgehead atoms. The normalized spacial score (nSPS) is 12.0. The highest BCUT2D eigenvalue weighted by Crippen LogP contribution is 2.23. The van der Waals surface area contributed by atoms with Crippen molar-refractivity contribution in [3.63, 3.8) is 0 Å². The quantitative estimate of drug-likeness (QED) is 0.184. The molecule has 0 saturated heterocycles. The van der Waals surface area contributed by atoms with Crippen LogP contribution in [0.5, 0.6) is 0 Å². The Kier molecular flexibility index (Phi) is 20.2. The van der Waals surface area contributed by atoms with Crippen molar-refractivity contribution in [2.24, 2.45) is 5.92 Å². The molecule has 0 amide bonds. The summed E-state index contributed by atoms with van der Waals surface area (Å²) in [4.78, 5) is 0. The van der Waals surface area contributed by atoms with E-state index in [9.17, 15) is 0 Å². The van der Waals surface area contributed by atoms with Gasteiger partial charge in [0.15, 0.2) is 0 Å². The van der Waals surface area contributed by atoms with E-state index in [-0.39, 0.29) is 0 Å². The Morgan fingerprint density at radius 3 is 1.54 bits per heavy atom. The molecule has 1 atom stereocenters. The highest BCUT2D eigenvalue weighted by molar-refractivity contribution is 4.98. The number of hydrogen-bond acceptors (Lipinski definition) is 0. The smallest absolute Gasteiger partial charge is 0.00886 e. The van der Waals surface area contributed by atoms with E-state index in [2.05, 4.69) is 32.6 Å². The standard InChI is InChI=1S/C24H46/c1-4-7-10-12-14-16-18-20-23-24(21-9-6-3)22-19-17-15-13-11-8-5-2/h24H,4-11,13,15-23H2,1-3H3. The van der Waals surface area contributed by atoms with Gasteiger partial charge in [-0.05, 0) is 18.8 Å². The van der Waals surface area contributed by atoms with Gasteiger partial charge in [0.25, 0.3) is 0 Å². The fraction of sp³-hybridized carbons (Fsp3) is 0.917. The van der Waals surface area contributed by atoms with Crippen molar-refractivity contribution >= 4 is 0 Å². The monoisotopic (exact) mass is 334 g/mol. The van der Waals surface area contributed by atoms with Crippen molar-refractivity contribution in [2.45, 2.75) is 136 Å². The lowest BCUT2D eigenvalue weighted by molar-refractivity contribution is 0.374. The molecule has 0 heterocycles. The molecule has 0 aromatic carbocycles. The van der Waals surface area contributed by atoms with Crippen molar-refractivity contribution in [2.75, 3.05) is 0 Å². The van der Waals surface area contributed by atoms with E-state index in [1.165, 1.54) is 103 Å². The first-order chi connectivity index (χ1) is 11.8. The number of rotatable bonds is 17. The number of hydrogen-bond donors (Lipinski definition) is 0. The van der Waals surface area contributed by atoms with Crippen LogP contribution in [0.15, 0.2) is 0 Å². The van der Waals surface area contributed by atoms with Crippen LogP contribution in [0.4, 0.5) is 0 Å². The van der Waals surface area contributed by atoms with Crippen molar-refractivity contribution in [1.82, 2.24) is 0 Å². The van der Waals surface area contributed by atoms with Gasteiger partial charge < -0.3 is 0 Å². The molecule has 0 aliphatic heterocycles. The second kappa shape index (κ2) is 20.6. The molecule has 0 heteroatoms. The van der Waals surface area contributed by atoms with Crippen LogP contribution in [0.3, 0.4) is 0 Å². The Morgan fingerprint density at radius 2 is 0.917 bits per heavy atom. The van der Waals surface area contributed by atoms with Crippen molar-refractivity contribution < 1.29 is 0 Å². The predicted molar refractivity (Wildman–Crippen MR) is 111 cm³/mol. The summed E-state index contributed by atoms with van der Waals surface area (Å²) in [7, 11) is 0. The highest BCUT2D eigenvalue weighted by Gasteiger charge is 2.07. The van der Waals surface area contributed by atoms with Gasteiger partial charge in [0.2, 0.25) is 0 Å². The third-order valence-electron chi connectivity index (χ3n) is 5.13. The Hall–Kier alpha value is -0.440. The summed E-state index contributed by atoms with van der Waals surface area (Å²) in [5.74, 6) is 7.68. The zero-order valence-electron chi connectivity index (χ0n) is 17.3. The third-order valence-corrected chi connectivity index (χ3v) is 5.13. The molecule has 0 aliphatic rings. The summed E-state index contributed by atoms with van der Waals surface area (Å²) in [6, 6.07) is 0. The first-order valence-electron chi connectivity index (χ1n) is 11.3. The lowest BCUT2D eigenvalue weighted by Crippen LogP contribution is -2.01. The molecule has 142 valence electrons. The first kappa shape index (κ1) is 23.6. The van der Waals surface area contributed by atoms with Crippen LogP contribution in [0.2, 0.25) is 0 Å². The zero-order chi connectivity index (χ0) is 17.7. The van der Waals surface area contributed by atoms with Crippen LogP contribution in [0, 0.1) is 17.8 Å². The zero-order valence-corrected chi connectivity index (χ0v) is 17.3. The molecular weight excluding hydrogens is 288 g/mol. The lowest BCUT2D eigenvalue weighted by Gasteiger charge is -2.16. The van der Waals surface area contributed by atoms with Gasteiger partial charge in [-0.3, -0.25) is 0 Å². The minimum atomic E-state index is 0.994. The van der Waals surface area contributed by atoms with Crippen molar-refractivity contribution in [3.8, 4) is 11.8 Å². The Balaban J connectivity index is 3.66. The summed E-state index contributed by atoms with van der Waals surface area (Å²) in [5, 5.41) is 0. The Morgan fingerprint density at radius 1 is 0.458 bits per heavy atom. The lowest BCUT2D eigenvalue weighted by atomic mass is 9.90. The van der Waals surface area contributed by atoms with Gasteiger partial charge in [0, 0.05) is 12.8 Å². The molecular formula is C24H46. The fourth-order valence-electron chi connectivity index (χ4n) is 3.40. The Labute approximate surface area is 154 Å². The summed E-state index contributed by atoms with van der Waals surface area (Å²) < 4.78 is 0. The average molecular weight is 335 g/mol. The first-order valence-corrected chi connectivity index (χ1v) is 11.3.